The van der Waals surface area contributed by atoms with Crippen LogP contribution in [0.2, 0.25) is 0 Å². The number of imide groups is 1. The molecule has 0 radical (unpaired) electrons. The first-order chi connectivity index (χ1) is 13.0. The Morgan fingerprint density at radius 3 is 2.56 bits per heavy atom. The molecule has 1 unspecified atom stereocenters. The largest absolute Gasteiger partial charge is 0.495 e. The summed E-state index contributed by atoms with van der Waals surface area (Å²) in [5, 5.41) is 0. The zero-order chi connectivity index (χ0) is 19.4. The first-order valence-electron chi connectivity index (χ1n) is 9.14. The summed E-state index contributed by atoms with van der Waals surface area (Å²) in [4.78, 5) is 32.0. The van der Waals surface area contributed by atoms with E-state index in [1.54, 1.807) is 42.6 Å². The Balaban J connectivity index is 2.03. The molecular weight excluding hydrogens is 340 g/mol. The van der Waals surface area contributed by atoms with Crippen LogP contribution in [0.15, 0.2) is 53.5 Å². The van der Waals surface area contributed by atoms with Crippen molar-refractivity contribution in [2.24, 2.45) is 10.9 Å². The summed E-state index contributed by atoms with van der Waals surface area (Å²) in [6.45, 7) is 4.93. The molecule has 3 rings (SSSR count). The Morgan fingerprint density at radius 1 is 1.11 bits per heavy atom. The zero-order valence-corrected chi connectivity index (χ0v) is 15.9. The number of nitrogens with zero attached hydrogens (tertiary/aromatic N) is 2. The number of aliphatic imine (C=N–C) groups is 1. The van der Waals surface area contributed by atoms with Gasteiger partial charge in [-0.25, -0.2) is 4.90 Å². The monoisotopic (exact) mass is 364 g/mol. The number of hydrogen-bond donors (Lipinski definition) is 0. The molecule has 5 heteroatoms. The predicted molar refractivity (Wildman–Crippen MR) is 107 cm³/mol. The first-order valence-corrected chi connectivity index (χ1v) is 9.14. The van der Waals surface area contributed by atoms with Crippen molar-refractivity contribution < 1.29 is 14.3 Å². The van der Waals surface area contributed by atoms with Crippen LogP contribution in [0.3, 0.4) is 0 Å². The molecule has 2 aromatic rings. The van der Waals surface area contributed by atoms with Gasteiger partial charge in [0.25, 0.3) is 5.91 Å². The van der Waals surface area contributed by atoms with E-state index in [9.17, 15) is 9.59 Å². The lowest BCUT2D eigenvalue weighted by Crippen LogP contribution is -2.45. The summed E-state index contributed by atoms with van der Waals surface area (Å²) in [7, 11) is 1.52. The van der Waals surface area contributed by atoms with E-state index in [0.29, 0.717) is 35.0 Å². The minimum absolute atomic E-state index is 0.309. The summed E-state index contributed by atoms with van der Waals surface area (Å²) in [6, 6.07) is 14.3. The number of ether oxygens (including phenoxy) is 1. The minimum atomic E-state index is -0.587. The van der Waals surface area contributed by atoms with Gasteiger partial charge in [0.1, 0.15) is 5.75 Å². The molecule has 1 aliphatic heterocycles. The summed E-state index contributed by atoms with van der Waals surface area (Å²) in [5.41, 5.74) is 1.67. The van der Waals surface area contributed by atoms with E-state index < -0.39 is 5.92 Å². The number of carbonyl (C=O) groups excluding carboxylic acids is 2. The lowest BCUT2D eigenvalue weighted by Gasteiger charge is -2.31. The number of hydrogen-bond acceptors (Lipinski definition) is 4. The highest BCUT2D eigenvalue weighted by Gasteiger charge is 2.39. The minimum Gasteiger partial charge on any atom is -0.495 e. The van der Waals surface area contributed by atoms with Gasteiger partial charge in [-0.05, 0) is 36.1 Å². The maximum Gasteiger partial charge on any atom is 0.265 e. The van der Waals surface area contributed by atoms with Crippen molar-refractivity contribution in [2.45, 2.75) is 26.2 Å². The van der Waals surface area contributed by atoms with E-state index in [4.69, 9.17) is 4.74 Å². The van der Waals surface area contributed by atoms with Gasteiger partial charge >= 0.3 is 0 Å². The van der Waals surface area contributed by atoms with Crippen molar-refractivity contribution in [3.05, 3.63) is 59.7 Å². The quantitative estimate of drug-likeness (QED) is 0.573. The van der Waals surface area contributed by atoms with Gasteiger partial charge < -0.3 is 4.74 Å². The highest BCUT2D eigenvalue weighted by molar-refractivity contribution is 6.29. The van der Waals surface area contributed by atoms with Crippen molar-refractivity contribution in [1.82, 2.24) is 0 Å². The molecule has 2 aromatic carbocycles. The average Bonchev–Trinajstić information content (AvgIpc) is 2.67. The lowest BCUT2D eigenvalue weighted by molar-refractivity contribution is -0.118. The van der Waals surface area contributed by atoms with Gasteiger partial charge in [-0.1, -0.05) is 44.2 Å². The lowest BCUT2D eigenvalue weighted by atomic mass is 9.88. The molecule has 0 fully saturated rings. The molecule has 0 bridgehead atoms. The fourth-order valence-electron chi connectivity index (χ4n) is 3.15. The number of fused-ring (bicyclic) bond motifs is 1. The molecule has 0 aliphatic carbocycles. The number of rotatable bonds is 6. The zero-order valence-electron chi connectivity index (χ0n) is 15.9. The smallest absolute Gasteiger partial charge is 0.265 e. The van der Waals surface area contributed by atoms with Gasteiger partial charge in [0.2, 0.25) is 5.91 Å². The van der Waals surface area contributed by atoms with E-state index >= 15 is 0 Å². The van der Waals surface area contributed by atoms with E-state index in [2.05, 4.69) is 18.8 Å². The molecular formula is C22H24N2O3. The van der Waals surface area contributed by atoms with E-state index in [0.717, 1.165) is 6.42 Å². The molecule has 5 nitrogen and oxygen atoms in total. The van der Waals surface area contributed by atoms with Gasteiger partial charge in [-0.15, -0.1) is 0 Å². The third-order valence-corrected chi connectivity index (χ3v) is 4.63. The van der Waals surface area contributed by atoms with Crippen LogP contribution in [0.25, 0.3) is 0 Å². The summed E-state index contributed by atoms with van der Waals surface area (Å²) in [5.74, 6) is -0.211. The molecule has 0 aromatic heterocycles. The Labute approximate surface area is 159 Å². The van der Waals surface area contributed by atoms with Crippen molar-refractivity contribution in [2.75, 3.05) is 18.6 Å². The van der Waals surface area contributed by atoms with Crippen molar-refractivity contribution in [1.29, 1.82) is 0 Å². The normalized spacial score (nSPS) is 16.9. The summed E-state index contributed by atoms with van der Waals surface area (Å²) in [6.07, 6.45) is 2.63. The van der Waals surface area contributed by atoms with Crippen LogP contribution >= 0.6 is 0 Å². The number of benzene rings is 2. The molecule has 1 heterocycles. The maximum absolute atomic E-state index is 13.3. The molecule has 0 saturated carbocycles. The highest BCUT2D eigenvalue weighted by Crippen LogP contribution is 2.36. The Morgan fingerprint density at radius 2 is 1.81 bits per heavy atom. The Hall–Kier alpha value is -2.95. The van der Waals surface area contributed by atoms with Gasteiger partial charge in [-0.2, -0.15) is 0 Å². The Bertz CT molecular complexity index is 873. The van der Waals surface area contributed by atoms with Gasteiger partial charge in [-0.3, -0.25) is 14.6 Å². The van der Waals surface area contributed by atoms with Gasteiger partial charge in [0.15, 0.2) is 0 Å². The van der Waals surface area contributed by atoms with Crippen LogP contribution in [0.1, 0.15) is 42.1 Å². The third kappa shape index (κ3) is 3.77. The Kier molecular flexibility index (Phi) is 5.69. The third-order valence-electron chi connectivity index (χ3n) is 4.63. The van der Waals surface area contributed by atoms with Crippen LogP contribution < -0.4 is 9.64 Å². The number of amides is 2. The standard InChI is InChI=1S/C22H24N2O3/c1-15(2)12-13-23-14-18-16-8-4-5-9-17(16)21(25)24(22(18)26)19-10-6-7-11-20(19)27-3/h4-11,14-15,18H,12-13H2,1-3H3. The van der Waals surface area contributed by atoms with Crippen molar-refractivity contribution in [3.8, 4) is 5.75 Å². The number of methoxy groups -OCH3 is 1. The maximum atomic E-state index is 13.3. The van der Waals surface area contributed by atoms with Crippen LogP contribution in [0.5, 0.6) is 5.75 Å². The topological polar surface area (TPSA) is 59.0 Å². The number of carbonyl (C=O) groups is 2. The second kappa shape index (κ2) is 8.16. The summed E-state index contributed by atoms with van der Waals surface area (Å²) >= 11 is 0. The fourth-order valence-corrected chi connectivity index (χ4v) is 3.15. The van der Waals surface area contributed by atoms with Crippen molar-refractivity contribution >= 4 is 23.7 Å². The second-order valence-electron chi connectivity index (χ2n) is 6.95. The summed E-state index contributed by atoms with van der Waals surface area (Å²) < 4.78 is 5.36. The predicted octanol–water partition coefficient (Wildman–Crippen LogP) is 4.08. The van der Waals surface area contributed by atoms with Crippen LogP contribution in [0.4, 0.5) is 5.69 Å². The SMILES string of the molecule is COc1ccccc1N1C(=O)c2ccccc2C(C=NCCC(C)C)C1=O. The highest BCUT2D eigenvalue weighted by atomic mass is 16.5. The number of anilines is 1. The molecule has 0 spiro atoms. The average molecular weight is 364 g/mol. The van der Waals surface area contributed by atoms with Gasteiger partial charge in [0.05, 0.1) is 18.7 Å². The van der Waals surface area contributed by atoms with Crippen LogP contribution in [0, 0.1) is 5.92 Å². The van der Waals surface area contributed by atoms with E-state index in [-0.39, 0.29) is 11.8 Å². The second-order valence-corrected chi connectivity index (χ2v) is 6.95. The van der Waals surface area contributed by atoms with Gasteiger partial charge in [0, 0.05) is 18.3 Å². The molecule has 2 amide bonds. The van der Waals surface area contributed by atoms with Crippen molar-refractivity contribution in [3.63, 3.8) is 0 Å². The first kappa shape index (κ1) is 18.8. The van der Waals surface area contributed by atoms with Crippen LogP contribution in [-0.4, -0.2) is 31.7 Å². The van der Waals surface area contributed by atoms with E-state index in [1.165, 1.54) is 12.0 Å². The molecule has 0 saturated heterocycles. The molecule has 1 atom stereocenters. The molecule has 1 aliphatic rings. The van der Waals surface area contributed by atoms with E-state index in [1.807, 2.05) is 12.1 Å². The molecule has 27 heavy (non-hydrogen) atoms. The number of para-hydroxylation sites is 2. The van der Waals surface area contributed by atoms with Crippen LogP contribution in [-0.2, 0) is 4.79 Å². The molecule has 140 valence electrons. The fraction of sp³-hybridized carbons (Fsp3) is 0.318. The molecule has 0 N–H and O–H groups in total.